The van der Waals surface area contributed by atoms with Gasteiger partial charge in [0.15, 0.2) is 22.9 Å². The molecule has 1 heterocycles. The number of hydrogen-bond donors (Lipinski definition) is 5. The monoisotopic (exact) mass is 332 g/mol. The number of rotatable bonds is 2. The van der Waals surface area contributed by atoms with E-state index in [1.54, 1.807) is 36.4 Å². The molecule has 0 saturated carbocycles. The number of nitrogens with two attached hydrogens (primary N) is 4. The Morgan fingerprint density at radius 2 is 1.74 bits per heavy atom. The smallest absolute Gasteiger partial charge is 0.186 e. The van der Waals surface area contributed by atoms with Crippen molar-refractivity contribution in [1.29, 1.82) is 0 Å². The lowest BCUT2D eigenvalue weighted by Gasteiger charge is -2.27. The van der Waals surface area contributed by atoms with Crippen molar-refractivity contribution in [2.45, 2.75) is 6.10 Å². The number of anilines is 4. The van der Waals surface area contributed by atoms with Gasteiger partial charge in [-0.1, -0.05) is 6.07 Å². The molecule has 0 bridgehead atoms. The summed E-state index contributed by atoms with van der Waals surface area (Å²) in [5.41, 5.74) is 26.0. The Labute approximate surface area is 135 Å². The molecule has 3 rings (SSSR count). The fourth-order valence-electron chi connectivity index (χ4n) is 2.48. The summed E-state index contributed by atoms with van der Waals surface area (Å²) >= 11 is -2.23. The fraction of sp³-hybridized carbons (Fsp3) is 0.0667. The first-order chi connectivity index (χ1) is 10.9. The minimum Gasteiger partial charge on any atom is -0.477 e. The van der Waals surface area contributed by atoms with E-state index in [2.05, 4.69) is 0 Å². The third-order valence-electron chi connectivity index (χ3n) is 3.58. The highest BCUT2D eigenvalue weighted by atomic mass is 32.2. The average Bonchev–Trinajstić information content (AvgIpc) is 2.48. The molecule has 23 heavy (non-hydrogen) atoms. The quantitative estimate of drug-likeness (QED) is 0.415. The topological polar surface area (TPSA) is 151 Å². The van der Waals surface area contributed by atoms with Gasteiger partial charge in [0.1, 0.15) is 0 Å². The van der Waals surface area contributed by atoms with Crippen LogP contribution in [0.25, 0.3) is 6.08 Å². The van der Waals surface area contributed by atoms with Gasteiger partial charge >= 0.3 is 0 Å². The predicted octanol–water partition coefficient (Wildman–Crippen LogP) is 1.71. The van der Waals surface area contributed by atoms with Gasteiger partial charge in [0.25, 0.3) is 0 Å². The summed E-state index contributed by atoms with van der Waals surface area (Å²) in [6.07, 6.45) is 0.765. The van der Waals surface area contributed by atoms with Crippen LogP contribution in [0, 0.1) is 0 Å². The lowest BCUT2D eigenvalue weighted by molar-refractivity contribution is 0.247. The number of ether oxygens (including phenoxy) is 1. The molecule has 0 aliphatic carbocycles. The molecule has 0 amide bonds. The fourth-order valence-corrected chi connectivity index (χ4v) is 3.07. The van der Waals surface area contributed by atoms with Gasteiger partial charge in [0.05, 0.1) is 22.0 Å². The summed E-state index contributed by atoms with van der Waals surface area (Å²) in [5, 5.41) is 0. The van der Waals surface area contributed by atoms with Gasteiger partial charge in [-0.15, -0.1) is 0 Å². The highest BCUT2D eigenvalue weighted by Gasteiger charge is 2.29. The lowest BCUT2D eigenvalue weighted by atomic mass is 10.0. The maximum Gasteiger partial charge on any atom is 0.186 e. The number of fused-ring (bicyclic) bond motifs is 1. The van der Waals surface area contributed by atoms with Crippen LogP contribution in [0.2, 0.25) is 0 Å². The Kier molecular flexibility index (Phi) is 3.63. The van der Waals surface area contributed by atoms with Crippen LogP contribution in [-0.4, -0.2) is 8.76 Å². The molecule has 8 heteroatoms. The SMILES string of the molecule is Nc1cc(N)c2c(c1)C=C(S(=O)O)[C@H](c1ccc(N)c(N)c1)O2. The van der Waals surface area contributed by atoms with Crippen molar-refractivity contribution in [1.82, 2.24) is 0 Å². The summed E-state index contributed by atoms with van der Waals surface area (Å²) in [5.74, 6) is 0.411. The number of benzene rings is 2. The molecule has 0 aromatic heterocycles. The molecule has 2 aromatic rings. The van der Waals surface area contributed by atoms with Crippen LogP contribution in [-0.2, 0) is 11.1 Å². The summed E-state index contributed by atoms with van der Waals surface area (Å²) in [7, 11) is 0. The van der Waals surface area contributed by atoms with Gasteiger partial charge in [-0.25, -0.2) is 4.21 Å². The second-order valence-electron chi connectivity index (χ2n) is 5.21. The predicted molar refractivity (Wildman–Crippen MR) is 92.7 cm³/mol. The molecular formula is C15H16N4O3S. The highest BCUT2D eigenvalue weighted by molar-refractivity contribution is 7.83. The highest BCUT2D eigenvalue weighted by Crippen LogP contribution is 2.43. The Bertz CT molecular complexity index is 851. The van der Waals surface area contributed by atoms with Crippen molar-refractivity contribution in [3.8, 4) is 5.75 Å². The van der Waals surface area contributed by atoms with Gasteiger partial charge < -0.3 is 32.2 Å². The van der Waals surface area contributed by atoms with Crippen molar-refractivity contribution in [2.75, 3.05) is 22.9 Å². The van der Waals surface area contributed by atoms with Gasteiger partial charge in [0, 0.05) is 11.3 Å². The molecule has 7 nitrogen and oxygen atoms in total. The van der Waals surface area contributed by atoms with E-state index in [1.165, 1.54) is 0 Å². The van der Waals surface area contributed by atoms with Crippen LogP contribution in [0.5, 0.6) is 5.75 Å². The van der Waals surface area contributed by atoms with Crippen LogP contribution < -0.4 is 27.7 Å². The first-order valence-electron chi connectivity index (χ1n) is 6.70. The first kappa shape index (κ1) is 15.2. The molecule has 1 aliphatic rings. The zero-order valence-corrected chi connectivity index (χ0v) is 12.8. The standard InChI is InChI=1S/C15H16N4O3S/c16-9-3-8-5-13(23(20)21)15(22-14(8)12(19)6-9)7-1-2-10(17)11(18)4-7/h1-6,15H,16-19H2,(H,20,21)/t15-/m0/s1. The third-order valence-corrected chi connectivity index (χ3v) is 4.31. The molecule has 0 saturated heterocycles. The van der Waals surface area contributed by atoms with Crippen molar-refractivity contribution in [3.63, 3.8) is 0 Å². The van der Waals surface area contributed by atoms with Crippen LogP contribution in [0.3, 0.4) is 0 Å². The molecule has 1 unspecified atom stereocenters. The van der Waals surface area contributed by atoms with E-state index >= 15 is 0 Å². The van der Waals surface area contributed by atoms with Crippen molar-refractivity contribution >= 4 is 39.9 Å². The first-order valence-corrected chi connectivity index (χ1v) is 7.80. The zero-order valence-electron chi connectivity index (χ0n) is 12.0. The maximum atomic E-state index is 11.7. The van der Waals surface area contributed by atoms with E-state index in [9.17, 15) is 8.76 Å². The molecule has 0 fully saturated rings. The van der Waals surface area contributed by atoms with Crippen LogP contribution >= 0.6 is 0 Å². The van der Waals surface area contributed by atoms with Crippen molar-refractivity contribution in [2.24, 2.45) is 0 Å². The van der Waals surface area contributed by atoms with E-state index in [1.807, 2.05) is 0 Å². The minimum atomic E-state index is -2.23. The molecule has 2 aromatic carbocycles. The normalized spacial score (nSPS) is 17.8. The molecular weight excluding hydrogens is 316 g/mol. The van der Waals surface area contributed by atoms with E-state index in [0.717, 1.165) is 0 Å². The Morgan fingerprint density at radius 3 is 2.39 bits per heavy atom. The number of hydrogen-bond acceptors (Lipinski definition) is 6. The Hall–Kier alpha value is -2.71. The third kappa shape index (κ3) is 2.69. The maximum absolute atomic E-state index is 11.7. The lowest BCUT2D eigenvalue weighted by Crippen LogP contribution is -2.19. The van der Waals surface area contributed by atoms with Crippen molar-refractivity contribution < 1.29 is 13.5 Å². The van der Waals surface area contributed by atoms with Gasteiger partial charge in [0.2, 0.25) is 0 Å². The Morgan fingerprint density at radius 1 is 1.00 bits per heavy atom. The molecule has 120 valence electrons. The second-order valence-corrected chi connectivity index (χ2v) is 6.18. The van der Waals surface area contributed by atoms with Crippen LogP contribution in [0.15, 0.2) is 35.2 Å². The summed E-state index contributed by atoms with van der Waals surface area (Å²) < 4.78 is 27.2. The summed E-state index contributed by atoms with van der Waals surface area (Å²) in [6, 6.07) is 8.12. The summed E-state index contributed by atoms with van der Waals surface area (Å²) in [6.45, 7) is 0. The van der Waals surface area contributed by atoms with Gasteiger partial charge in [-0.3, -0.25) is 0 Å². The van der Waals surface area contributed by atoms with Crippen molar-refractivity contribution in [3.05, 3.63) is 46.4 Å². The average molecular weight is 332 g/mol. The number of nitrogen functional groups attached to an aromatic ring is 4. The minimum absolute atomic E-state index is 0.173. The van der Waals surface area contributed by atoms with E-state index < -0.39 is 17.2 Å². The summed E-state index contributed by atoms with van der Waals surface area (Å²) in [4.78, 5) is 0.173. The molecule has 0 radical (unpaired) electrons. The molecule has 9 N–H and O–H groups in total. The van der Waals surface area contributed by atoms with E-state index in [-0.39, 0.29) is 4.91 Å². The molecule has 0 spiro atoms. The van der Waals surface area contributed by atoms with Gasteiger partial charge in [-0.05, 0) is 35.9 Å². The second kappa shape index (κ2) is 5.49. The van der Waals surface area contributed by atoms with Crippen LogP contribution in [0.4, 0.5) is 22.7 Å². The van der Waals surface area contributed by atoms with E-state index in [4.69, 9.17) is 27.7 Å². The van der Waals surface area contributed by atoms with Gasteiger partial charge in [-0.2, -0.15) is 0 Å². The molecule has 1 aliphatic heterocycles. The largest absolute Gasteiger partial charge is 0.477 e. The van der Waals surface area contributed by atoms with E-state index in [0.29, 0.717) is 39.6 Å². The Balaban J connectivity index is 2.15. The molecule has 2 atom stereocenters. The van der Waals surface area contributed by atoms with Crippen LogP contribution in [0.1, 0.15) is 17.2 Å². The zero-order chi connectivity index (χ0) is 16.7.